The first kappa shape index (κ1) is 11.1. The van der Waals surface area contributed by atoms with Gasteiger partial charge in [0.25, 0.3) is 0 Å². The topological polar surface area (TPSA) is 21.1 Å². The first-order chi connectivity index (χ1) is 6.92. The molecule has 0 N–H and O–H groups in total. The fraction of sp³-hybridized carbons (Fsp3) is 0.727. The van der Waals surface area contributed by atoms with Crippen LogP contribution in [0.5, 0.6) is 0 Å². The first-order valence-corrected chi connectivity index (χ1v) is 5.68. The summed E-state index contributed by atoms with van der Waals surface area (Å²) < 4.78 is 2.10. The van der Waals surface area contributed by atoms with E-state index in [0.717, 1.165) is 13.1 Å². The smallest absolute Gasteiger partial charge is 0.126 e. The number of aromatic nitrogens is 2. The van der Waals surface area contributed by atoms with Crippen molar-refractivity contribution in [1.82, 2.24) is 9.78 Å². The maximum atomic E-state index is 4.26. The van der Waals surface area contributed by atoms with E-state index < -0.39 is 0 Å². The second-order valence-electron chi connectivity index (χ2n) is 3.25. The van der Waals surface area contributed by atoms with E-state index in [9.17, 15) is 0 Å². The summed E-state index contributed by atoms with van der Waals surface area (Å²) in [5.74, 6) is 1.29. The quantitative estimate of drug-likeness (QED) is 0.723. The summed E-state index contributed by atoms with van der Waals surface area (Å²) in [6, 6.07) is 2.11. The maximum Gasteiger partial charge on any atom is 0.126 e. The van der Waals surface area contributed by atoms with E-state index in [4.69, 9.17) is 0 Å². The lowest BCUT2D eigenvalue weighted by molar-refractivity contribution is 0.516. The van der Waals surface area contributed by atoms with Gasteiger partial charge in [-0.05, 0) is 12.8 Å². The van der Waals surface area contributed by atoms with Crippen LogP contribution in [0.3, 0.4) is 0 Å². The summed E-state index contributed by atoms with van der Waals surface area (Å²) in [7, 11) is 0. The lowest BCUT2D eigenvalue weighted by Gasteiger charge is -2.28. The second-order valence-corrected chi connectivity index (χ2v) is 3.25. The molecule has 2 rings (SSSR count). The fourth-order valence-electron chi connectivity index (χ4n) is 1.79. The van der Waals surface area contributed by atoms with Crippen LogP contribution in [0.4, 0.5) is 5.82 Å². The van der Waals surface area contributed by atoms with Gasteiger partial charge in [0.15, 0.2) is 0 Å². The van der Waals surface area contributed by atoms with Crippen molar-refractivity contribution in [3.8, 4) is 0 Å². The third-order valence-electron chi connectivity index (χ3n) is 2.31. The molecule has 0 amide bonds. The van der Waals surface area contributed by atoms with Crippen LogP contribution in [-0.4, -0.2) is 22.9 Å². The van der Waals surface area contributed by atoms with Gasteiger partial charge in [0.1, 0.15) is 5.82 Å². The molecule has 0 aromatic carbocycles. The molecule has 3 heteroatoms. The zero-order valence-corrected chi connectivity index (χ0v) is 9.53. The highest BCUT2D eigenvalue weighted by Crippen LogP contribution is 2.18. The number of anilines is 1. The highest BCUT2D eigenvalue weighted by molar-refractivity contribution is 5.39. The highest BCUT2D eigenvalue weighted by Gasteiger charge is 2.15. The molecule has 0 atom stereocenters. The Morgan fingerprint density at radius 1 is 1.36 bits per heavy atom. The predicted molar refractivity (Wildman–Crippen MR) is 60.7 cm³/mol. The molecule has 0 unspecified atom stereocenters. The minimum Gasteiger partial charge on any atom is -0.357 e. The molecule has 0 radical (unpaired) electrons. The van der Waals surface area contributed by atoms with E-state index in [1.807, 2.05) is 20.0 Å². The number of hydrogen-bond acceptors (Lipinski definition) is 2. The van der Waals surface area contributed by atoms with E-state index in [-0.39, 0.29) is 0 Å². The van der Waals surface area contributed by atoms with Crippen molar-refractivity contribution < 1.29 is 0 Å². The Labute approximate surface area is 86.7 Å². The minimum absolute atomic E-state index is 1.09. The van der Waals surface area contributed by atoms with Crippen LogP contribution >= 0.6 is 0 Å². The average molecular weight is 195 g/mol. The molecule has 0 fully saturated rings. The van der Waals surface area contributed by atoms with Gasteiger partial charge >= 0.3 is 0 Å². The summed E-state index contributed by atoms with van der Waals surface area (Å²) >= 11 is 0. The number of hydrogen-bond donors (Lipinski definition) is 0. The summed E-state index contributed by atoms with van der Waals surface area (Å²) in [5.41, 5.74) is 0. The molecule has 1 aromatic heterocycles. The second kappa shape index (κ2) is 5.68. The van der Waals surface area contributed by atoms with Gasteiger partial charge in [-0.3, -0.25) is 0 Å². The number of rotatable bonds is 2. The molecule has 2 heterocycles. The Balaban J connectivity index is 0.000000461. The van der Waals surface area contributed by atoms with Crippen LogP contribution in [0.15, 0.2) is 12.3 Å². The number of aryl methyl sites for hydroxylation is 1. The van der Waals surface area contributed by atoms with Gasteiger partial charge in [-0.25, -0.2) is 4.68 Å². The maximum absolute atomic E-state index is 4.26. The summed E-state index contributed by atoms with van der Waals surface area (Å²) in [4.78, 5) is 2.41. The van der Waals surface area contributed by atoms with E-state index >= 15 is 0 Å². The van der Waals surface area contributed by atoms with Crippen LogP contribution in [-0.2, 0) is 6.54 Å². The van der Waals surface area contributed by atoms with Crippen molar-refractivity contribution in [2.24, 2.45) is 0 Å². The van der Waals surface area contributed by atoms with Gasteiger partial charge in [0.2, 0.25) is 0 Å². The van der Waals surface area contributed by atoms with Gasteiger partial charge in [-0.2, -0.15) is 5.10 Å². The number of nitrogens with zero attached hydrogens (tertiary/aromatic N) is 3. The molecule has 14 heavy (non-hydrogen) atoms. The van der Waals surface area contributed by atoms with E-state index in [1.54, 1.807) is 0 Å². The van der Waals surface area contributed by atoms with Gasteiger partial charge in [0.05, 0.1) is 6.20 Å². The van der Waals surface area contributed by atoms with E-state index in [1.165, 1.54) is 25.2 Å². The molecule has 1 aliphatic heterocycles. The standard InChI is InChI=1S/C9H15N3.C2H6/c1-2-6-11-7-3-8-12-9(11)4-5-10-12;1-2/h4-5H,2-3,6-8H2,1H3;1-2H3. The van der Waals surface area contributed by atoms with Gasteiger partial charge in [-0.1, -0.05) is 20.8 Å². The zero-order valence-electron chi connectivity index (χ0n) is 9.53. The van der Waals surface area contributed by atoms with Crippen molar-refractivity contribution in [3.63, 3.8) is 0 Å². The number of fused-ring (bicyclic) bond motifs is 1. The Morgan fingerprint density at radius 2 is 2.14 bits per heavy atom. The van der Waals surface area contributed by atoms with Crippen molar-refractivity contribution in [3.05, 3.63) is 12.3 Å². The lowest BCUT2D eigenvalue weighted by atomic mass is 10.3. The van der Waals surface area contributed by atoms with Gasteiger partial charge < -0.3 is 4.90 Å². The molecule has 1 aromatic rings. The molecule has 80 valence electrons. The van der Waals surface area contributed by atoms with E-state index in [2.05, 4.69) is 27.7 Å². The largest absolute Gasteiger partial charge is 0.357 e. The average Bonchev–Trinajstić information content (AvgIpc) is 2.70. The Bertz CT molecular complexity index is 255. The Kier molecular flexibility index (Phi) is 4.50. The van der Waals surface area contributed by atoms with Crippen LogP contribution in [0.2, 0.25) is 0 Å². The molecular weight excluding hydrogens is 174 g/mol. The molecule has 3 nitrogen and oxygen atoms in total. The Hall–Kier alpha value is -0.990. The van der Waals surface area contributed by atoms with Gasteiger partial charge in [0, 0.05) is 25.7 Å². The normalized spacial score (nSPS) is 14.4. The monoisotopic (exact) mass is 195 g/mol. The highest BCUT2D eigenvalue weighted by atomic mass is 15.4. The fourth-order valence-corrected chi connectivity index (χ4v) is 1.79. The summed E-state index contributed by atoms with van der Waals surface area (Å²) in [5, 5.41) is 4.26. The lowest BCUT2D eigenvalue weighted by Crippen LogP contribution is -2.32. The molecule has 0 aliphatic carbocycles. The zero-order chi connectivity index (χ0) is 10.4. The molecule has 0 saturated heterocycles. The predicted octanol–water partition coefficient (Wildman–Crippen LogP) is 2.53. The van der Waals surface area contributed by atoms with Crippen molar-refractivity contribution in [2.75, 3.05) is 18.0 Å². The molecule has 0 saturated carbocycles. The van der Waals surface area contributed by atoms with E-state index in [0.29, 0.717) is 0 Å². The molecular formula is C11H21N3. The van der Waals surface area contributed by atoms with Crippen LogP contribution in [0.1, 0.15) is 33.6 Å². The molecule has 1 aliphatic rings. The molecule has 0 spiro atoms. The van der Waals surface area contributed by atoms with Gasteiger partial charge in [-0.15, -0.1) is 0 Å². The first-order valence-electron chi connectivity index (χ1n) is 5.68. The third-order valence-corrected chi connectivity index (χ3v) is 2.31. The third kappa shape index (κ3) is 2.28. The van der Waals surface area contributed by atoms with Crippen molar-refractivity contribution in [2.45, 2.75) is 40.2 Å². The summed E-state index contributed by atoms with van der Waals surface area (Å²) in [6.07, 6.45) is 4.34. The van der Waals surface area contributed by atoms with Crippen molar-refractivity contribution >= 4 is 5.82 Å². The minimum atomic E-state index is 1.09. The Morgan fingerprint density at radius 3 is 2.86 bits per heavy atom. The van der Waals surface area contributed by atoms with Crippen LogP contribution < -0.4 is 4.90 Å². The summed E-state index contributed by atoms with van der Waals surface area (Å²) in [6.45, 7) is 9.66. The molecule has 0 bridgehead atoms. The van der Waals surface area contributed by atoms with Crippen LogP contribution in [0, 0.1) is 0 Å². The van der Waals surface area contributed by atoms with Crippen LogP contribution in [0.25, 0.3) is 0 Å². The SMILES string of the molecule is CC.CCCN1CCCn2nccc21. The van der Waals surface area contributed by atoms with Crippen molar-refractivity contribution in [1.29, 1.82) is 0 Å².